The van der Waals surface area contributed by atoms with Gasteiger partial charge in [0.05, 0.1) is 27.2 Å². The molecule has 0 aliphatic rings. The molecule has 0 N–H and O–H groups in total. The number of carbonyl (C=O) groups excluding carboxylic acids is 2. The molecule has 0 spiro atoms. The first-order valence-corrected chi connectivity index (χ1v) is 9.29. The van der Waals surface area contributed by atoms with Gasteiger partial charge in [-0.05, 0) is 31.0 Å². The summed E-state index contributed by atoms with van der Waals surface area (Å²) in [4.78, 5) is 26.6. The molecule has 0 heterocycles. The van der Waals surface area contributed by atoms with Crippen LogP contribution >= 0.6 is 0 Å². The lowest BCUT2D eigenvalue weighted by molar-refractivity contribution is -0.143. The van der Waals surface area contributed by atoms with Crippen LogP contribution in [0.2, 0.25) is 0 Å². The quantitative estimate of drug-likeness (QED) is 0.587. The summed E-state index contributed by atoms with van der Waals surface area (Å²) in [6.07, 6.45) is 0.839. The Morgan fingerprint density at radius 2 is 1.57 bits per heavy atom. The smallest absolute Gasteiger partial charge is 0.307 e. The Kier molecular flexibility index (Phi) is 8.34. The van der Waals surface area contributed by atoms with E-state index < -0.39 is 0 Å². The minimum Gasteiger partial charge on any atom is -0.497 e. The third kappa shape index (κ3) is 6.30. The van der Waals surface area contributed by atoms with Crippen LogP contribution in [0.15, 0.2) is 48.5 Å². The predicted molar refractivity (Wildman–Crippen MR) is 107 cm³/mol. The van der Waals surface area contributed by atoms with E-state index in [1.807, 2.05) is 30.3 Å². The number of ether oxygens (including phenoxy) is 3. The lowest BCUT2D eigenvalue weighted by Crippen LogP contribution is -2.35. The van der Waals surface area contributed by atoms with Crippen LogP contribution in [-0.4, -0.2) is 50.7 Å². The molecule has 0 unspecified atom stereocenters. The second kappa shape index (κ2) is 11.0. The van der Waals surface area contributed by atoms with Crippen molar-refractivity contribution in [3.8, 4) is 11.5 Å². The molecule has 6 heteroatoms. The molecule has 2 rings (SSSR count). The van der Waals surface area contributed by atoms with Crippen LogP contribution in [0.3, 0.4) is 0 Å². The monoisotopic (exact) mass is 385 g/mol. The van der Waals surface area contributed by atoms with Crippen molar-refractivity contribution in [2.45, 2.75) is 19.8 Å². The average molecular weight is 385 g/mol. The molecule has 0 aromatic heterocycles. The number of amides is 1. The molecular weight excluding hydrogens is 358 g/mol. The van der Waals surface area contributed by atoms with Crippen molar-refractivity contribution in [1.29, 1.82) is 0 Å². The number of rotatable bonds is 10. The van der Waals surface area contributed by atoms with E-state index in [0.29, 0.717) is 36.6 Å². The van der Waals surface area contributed by atoms with E-state index in [9.17, 15) is 9.59 Å². The number of nitrogens with zero attached hydrogens (tertiary/aromatic N) is 1. The highest BCUT2D eigenvalue weighted by Gasteiger charge is 2.19. The fourth-order valence-electron chi connectivity index (χ4n) is 2.80. The van der Waals surface area contributed by atoms with Crippen molar-refractivity contribution in [2.24, 2.45) is 0 Å². The molecule has 0 atom stereocenters. The molecule has 6 nitrogen and oxygen atoms in total. The van der Waals surface area contributed by atoms with E-state index in [1.54, 1.807) is 30.0 Å². The first kappa shape index (κ1) is 21.3. The largest absolute Gasteiger partial charge is 0.497 e. The third-order valence-electron chi connectivity index (χ3n) is 4.29. The Hall–Kier alpha value is -3.02. The second-order valence-corrected chi connectivity index (χ2v) is 6.18. The number of hydrogen-bond donors (Lipinski definition) is 0. The lowest BCUT2D eigenvalue weighted by Gasteiger charge is -2.23. The predicted octanol–water partition coefficient (Wildman–Crippen LogP) is 3.34. The normalized spacial score (nSPS) is 10.2. The highest BCUT2D eigenvalue weighted by Crippen LogP contribution is 2.23. The molecule has 28 heavy (non-hydrogen) atoms. The van der Waals surface area contributed by atoms with E-state index in [0.717, 1.165) is 5.56 Å². The molecule has 0 fully saturated rings. The van der Waals surface area contributed by atoms with Gasteiger partial charge in [0.15, 0.2) is 0 Å². The molecule has 0 bridgehead atoms. The van der Waals surface area contributed by atoms with Crippen LogP contribution in [0.25, 0.3) is 0 Å². The van der Waals surface area contributed by atoms with Gasteiger partial charge in [0.2, 0.25) is 0 Å². The van der Waals surface area contributed by atoms with E-state index in [4.69, 9.17) is 14.2 Å². The first-order chi connectivity index (χ1) is 13.6. The van der Waals surface area contributed by atoms with E-state index in [-0.39, 0.29) is 24.8 Å². The molecule has 1 amide bonds. The fraction of sp³-hybridized carbons (Fsp3) is 0.364. The molecule has 0 aliphatic heterocycles. The first-order valence-electron chi connectivity index (χ1n) is 9.29. The van der Waals surface area contributed by atoms with Crippen molar-refractivity contribution in [2.75, 3.05) is 33.9 Å². The molecule has 0 aliphatic carbocycles. The maximum Gasteiger partial charge on any atom is 0.307 e. The van der Waals surface area contributed by atoms with Crippen molar-refractivity contribution in [3.63, 3.8) is 0 Å². The van der Waals surface area contributed by atoms with Gasteiger partial charge >= 0.3 is 5.97 Å². The van der Waals surface area contributed by atoms with Gasteiger partial charge in [-0.15, -0.1) is 0 Å². The Balaban J connectivity index is 2.18. The van der Waals surface area contributed by atoms with Crippen LogP contribution in [-0.2, 0) is 16.0 Å². The van der Waals surface area contributed by atoms with Crippen molar-refractivity contribution in [1.82, 2.24) is 4.90 Å². The van der Waals surface area contributed by atoms with Gasteiger partial charge in [-0.2, -0.15) is 0 Å². The van der Waals surface area contributed by atoms with E-state index >= 15 is 0 Å². The molecule has 0 saturated carbocycles. The summed E-state index contributed by atoms with van der Waals surface area (Å²) in [6, 6.07) is 15.0. The van der Waals surface area contributed by atoms with E-state index in [1.165, 1.54) is 14.2 Å². The van der Waals surface area contributed by atoms with Crippen molar-refractivity contribution in [3.05, 3.63) is 59.7 Å². The van der Waals surface area contributed by atoms with Gasteiger partial charge in [0, 0.05) is 24.7 Å². The fourth-order valence-corrected chi connectivity index (χ4v) is 2.80. The maximum absolute atomic E-state index is 13.1. The minimum absolute atomic E-state index is 0.148. The molecule has 0 radical (unpaired) electrons. The van der Waals surface area contributed by atoms with Crippen molar-refractivity contribution < 1.29 is 23.8 Å². The zero-order valence-electron chi connectivity index (χ0n) is 16.6. The van der Waals surface area contributed by atoms with Gasteiger partial charge in [0.25, 0.3) is 5.91 Å². The highest BCUT2D eigenvalue weighted by molar-refractivity contribution is 5.95. The Labute approximate surface area is 166 Å². The summed E-state index contributed by atoms with van der Waals surface area (Å²) in [5.74, 6) is 0.577. The summed E-state index contributed by atoms with van der Waals surface area (Å²) in [5.41, 5.74) is 1.58. The zero-order chi connectivity index (χ0) is 20.4. The maximum atomic E-state index is 13.1. The summed E-state index contributed by atoms with van der Waals surface area (Å²) in [6.45, 7) is 2.86. The molecular formula is C22H27NO5. The number of hydrogen-bond acceptors (Lipinski definition) is 5. The third-order valence-corrected chi connectivity index (χ3v) is 4.29. The molecule has 2 aromatic carbocycles. The van der Waals surface area contributed by atoms with Crippen LogP contribution < -0.4 is 9.47 Å². The van der Waals surface area contributed by atoms with Gasteiger partial charge in [0.1, 0.15) is 11.5 Å². The number of benzene rings is 2. The summed E-state index contributed by atoms with van der Waals surface area (Å²) in [5, 5.41) is 0. The number of esters is 1. The van der Waals surface area contributed by atoms with Gasteiger partial charge in [-0.3, -0.25) is 9.59 Å². The SMILES string of the molecule is CCOC(=O)CCN(CCc1ccccc1)C(=O)c1cc(OC)cc(OC)c1. The van der Waals surface area contributed by atoms with Gasteiger partial charge < -0.3 is 19.1 Å². The minimum atomic E-state index is -0.316. The highest BCUT2D eigenvalue weighted by atomic mass is 16.5. The number of carbonyl (C=O) groups is 2. The summed E-state index contributed by atoms with van der Waals surface area (Å²) >= 11 is 0. The van der Waals surface area contributed by atoms with Crippen molar-refractivity contribution >= 4 is 11.9 Å². The average Bonchev–Trinajstić information content (AvgIpc) is 2.73. The lowest BCUT2D eigenvalue weighted by atomic mass is 10.1. The summed E-state index contributed by atoms with van der Waals surface area (Å²) < 4.78 is 15.5. The van der Waals surface area contributed by atoms with Crippen LogP contribution in [0.1, 0.15) is 29.3 Å². The molecule has 150 valence electrons. The zero-order valence-corrected chi connectivity index (χ0v) is 16.6. The topological polar surface area (TPSA) is 65.1 Å². The standard InChI is InChI=1S/C22H27NO5/c1-4-28-21(24)11-13-23(12-10-17-8-6-5-7-9-17)22(25)18-14-19(26-2)16-20(15-18)27-3/h5-9,14-16H,4,10-13H2,1-3H3. The second-order valence-electron chi connectivity index (χ2n) is 6.18. The number of methoxy groups -OCH3 is 2. The van der Waals surface area contributed by atoms with Crippen LogP contribution in [0, 0.1) is 0 Å². The Bertz CT molecular complexity index is 754. The van der Waals surface area contributed by atoms with Gasteiger partial charge in [-0.1, -0.05) is 30.3 Å². The Morgan fingerprint density at radius 3 is 2.14 bits per heavy atom. The van der Waals surface area contributed by atoms with Gasteiger partial charge in [-0.25, -0.2) is 0 Å². The van der Waals surface area contributed by atoms with E-state index in [2.05, 4.69) is 0 Å². The molecule has 0 saturated heterocycles. The Morgan fingerprint density at radius 1 is 0.929 bits per heavy atom. The van der Waals surface area contributed by atoms with Crippen LogP contribution in [0.5, 0.6) is 11.5 Å². The molecule has 2 aromatic rings. The van der Waals surface area contributed by atoms with Crippen LogP contribution in [0.4, 0.5) is 0 Å². The summed E-state index contributed by atoms with van der Waals surface area (Å²) in [7, 11) is 3.08.